The Hall–Kier alpha value is -2.14. The first-order valence-corrected chi connectivity index (χ1v) is 7.23. The highest BCUT2D eigenvalue weighted by Gasteiger charge is 2.17. The SMILES string of the molecule is Cc1ccc(-n2cnc(C(=O)NC[C@@H]3CCCO3)c2)cc1. The van der Waals surface area contributed by atoms with E-state index in [1.807, 2.05) is 35.8 Å². The van der Waals surface area contributed by atoms with Crippen molar-refractivity contribution in [1.82, 2.24) is 14.9 Å². The molecule has 3 rings (SSSR count). The van der Waals surface area contributed by atoms with Crippen LogP contribution >= 0.6 is 0 Å². The molecular weight excluding hydrogens is 266 g/mol. The van der Waals surface area contributed by atoms with Gasteiger partial charge in [0.05, 0.1) is 6.10 Å². The predicted octanol–water partition coefficient (Wildman–Crippen LogP) is 2.09. The zero-order chi connectivity index (χ0) is 14.7. The van der Waals surface area contributed by atoms with E-state index in [0.717, 1.165) is 25.1 Å². The number of carbonyl (C=O) groups excluding carboxylic acids is 1. The minimum absolute atomic E-state index is 0.146. The van der Waals surface area contributed by atoms with E-state index in [4.69, 9.17) is 4.74 Å². The Labute approximate surface area is 124 Å². The number of nitrogens with one attached hydrogen (secondary N) is 1. The van der Waals surface area contributed by atoms with E-state index in [-0.39, 0.29) is 12.0 Å². The molecule has 1 aromatic carbocycles. The molecule has 1 aliphatic heterocycles. The molecule has 2 aromatic rings. The smallest absolute Gasteiger partial charge is 0.271 e. The molecule has 0 bridgehead atoms. The van der Waals surface area contributed by atoms with Crippen molar-refractivity contribution in [2.45, 2.75) is 25.9 Å². The van der Waals surface area contributed by atoms with Gasteiger partial charge in [-0.3, -0.25) is 4.79 Å². The number of ether oxygens (including phenoxy) is 1. The highest BCUT2D eigenvalue weighted by atomic mass is 16.5. The summed E-state index contributed by atoms with van der Waals surface area (Å²) < 4.78 is 7.33. The van der Waals surface area contributed by atoms with Gasteiger partial charge in [0.15, 0.2) is 0 Å². The van der Waals surface area contributed by atoms with E-state index < -0.39 is 0 Å². The average molecular weight is 285 g/mol. The van der Waals surface area contributed by atoms with E-state index in [2.05, 4.69) is 10.3 Å². The molecule has 0 spiro atoms. The van der Waals surface area contributed by atoms with Gasteiger partial charge in [0.1, 0.15) is 12.0 Å². The van der Waals surface area contributed by atoms with E-state index in [1.54, 1.807) is 12.5 Å². The number of amides is 1. The molecule has 1 atom stereocenters. The number of hydrogen-bond acceptors (Lipinski definition) is 3. The number of aryl methyl sites for hydroxylation is 1. The molecule has 1 fully saturated rings. The van der Waals surface area contributed by atoms with Gasteiger partial charge in [-0.1, -0.05) is 17.7 Å². The van der Waals surface area contributed by atoms with E-state index >= 15 is 0 Å². The van der Waals surface area contributed by atoms with Crippen molar-refractivity contribution >= 4 is 5.91 Å². The third-order valence-electron chi connectivity index (χ3n) is 3.66. The predicted molar refractivity (Wildman–Crippen MR) is 79.6 cm³/mol. The zero-order valence-electron chi connectivity index (χ0n) is 12.1. The highest BCUT2D eigenvalue weighted by Crippen LogP contribution is 2.12. The molecule has 1 aromatic heterocycles. The maximum absolute atomic E-state index is 12.1. The number of carbonyl (C=O) groups is 1. The number of imidazole rings is 1. The van der Waals surface area contributed by atoms with Crippen LogP contribution in [0.15, 0.2) is 36.8 Å². The quantitative estimate of drug-likeness (QED) is 0.936. The highest BCUT2D eigenvalue weighted by molar-refractivity contribution is 5.92. The number of hydrogen-bond donors (Lipinski definition) is 1. The third-order valence-corrected chi connectivity index (χ3v) is 3.66. The van der Waals surface area contributed by atoms with Crippen molar-refractivity contribution in [3.8, 4) is 5.69 Å². The lowest BCUT2D eigenvalue weighted by Gasteiger charge is -2.09. The Balaban J connectivity index is 1.63. The van der Waals surface area contributed by atoms with E-state index in [0.29, 0.717) is 12.2 Å². The van der Waals surface area contributed by atoms with Gasteiger partial charge in [0.25, 0.3) is 5.91 Å². The van der Waals surface area contributed by atoms with Gasteiger partial charge in [-0.2, -0.15) is 0 Å². The summed E-state index contributed by atoms with van der Waals surface area (Å²) in [6.07, 6.45) is 5.63. The third kappa shape index (κ3) is 3.31. The van der Waals surface area contributed by atoms with Crippen LogP contribution in [0, 0.1) is 6.92 Å². The number of rotatable bonds is 4. The van der Waals surface area contributed by atoms with Gasteiger partial charge >= 0.3 is 0 Å². The van der Waals surface area contributed by atoms with Gasteiger partial charge in [-0.05, 0) is 31.9 Å². The maximum Gasteiger partial charge on any atom is 0.271 e. The molecule has 0 saturated carbocycles. The van der Waals surface area contributed by atoms with E-state index in [1.165, 1.54) is 5.56 Å². The fourth-order valence-electron chi connectivity index (χ4n) is 2.40. The topological polar surface area (TPSA) is 56.2 Å². The van der Waals surface area contributed by atoms with Gasteiger partial charge in [-0.25, -0.2) is 4.98 Å². The monoisotopic (exact) mass is 285 g/mol. The molecule has 110 valence electrons. The molecule has 0 unspecified atom stereocenters. The standard InChI is InChI=1S/C16H19N3O2/c1-12-4-6-13(7-5-12)19-10-15(18-11-19)16(20)17-9-14-3-2-8-21-14/h4-7,10-11,14H,2-3,8-9H2,1H3,(H,17,20)/t14-/m0/s1. The second-order valence-corrected chi connectivity index (χ2v) is 5.35. The van der Waals surface area contributed by atoms with Crippen molar-refractivity contribution in [2.24, 2.45) is 0 Å². The van der Waals surface area contributed by atoms with Gasteiger partial charge in [-0.15, -0.1) is 0 Å². The molecule has 0 aliphatic carbocycles. The second-order valence-electron chi connectivity index (χ2n) is 5.35. The number of nitrogens with zero attached hydrogens (tertiary/aromatic N) is 2. The lowest BCUT2D eigenvalue weighted by molar-refractivity contribution is 0.0854. The van der Waals surface area contributed by atoms with Crippen molar-refractivity contribution in [3.63, 3.8) is 0 Å². The van der Waals surface area contributed by atoms with Crippen LogP contribution in [0.25, 0.3) is 5.69 Å². The normalized spacial score (nSPS) is 17.9. The lowest BCUT2D eigenvalue weighted by atomic mass is 10.2. The summed E-state index contributed by atoms with van der Waals surface area (Å²) in [6, 6.07) is 8.08. The first kappa shape index (κ1) is 13.8. The number of aromatic nitrogens is 2. The van der Waals surface area contributed by atoms with Crippen molar-refractivity contribution < 1.29 is 9.53 Å². The minimum atomic E-state index is -0.156. The van der Waals surface area contributed by atoms with Crippen LogP contribution in [0.3, 0.4) is 0 Å². The minimum Gasteiger partial charge on any atom is -0.376 e. The van der Waals surface area contributed by atoms with Gasteiger partial charge < -0.3 is 14.6 Å². The Morgan fingerprint density at radius 2 is 2.24 bits per heavy atom. The van der Waals surface area contributed by atoms with Crippen LogP contribution in [-0.2, 0) is 4.74 Å². The van der Waals surface area contributed by atoms with Crippen LogP contribution in [-0.4, -0.2) is 34.7 Å². The molecule has 0 radical (unpaired) electrons. The Morgan fingerprint density at radius 3 is 2.95 bits per heavy atom. The van der Waals surface area contributed by atoms with Crippen LogP contribution in [0.2, 0.25) is 0 Å². The summed E-state index contributed by atoms with van der Waals surface area (Å²) in [4.78, 5) is 16.2. The summed E-state index contributed by atoms with van der Waals surface area (Å²) in [5, 5.41) is 2.88. The van der Waals surface area contributed by atoms with Gasteiger partial charge in [0.2, 0.25) is 0 Å². The molecule has 2 heterocycles. The average Bonchev–Trinajstić information content (AvgIpc) is 3.17. The molecule has 1 saturated heterocycles. The summed E-state index contributed by atoms with van der Waals surface area (Å²) in [5.41, 5.74) is 2.62. The summed E-state index contributed by atoms with van der Waals surface area (Å²) in [7, 11) is 0. The largest absolute Gasteiger partial charge is 0.376 e. The molecular formula is C16H19N3O2. The molecule has 1 N–H and O–H groups in total. The van der Waals surface area contributed by atoms with Crippen LogP contribution in [0.5, 0.6) is 0 Å². The molecule has 1 aliphatic rings. The summed E-state index contributed by atoms with van der Waals surface area (Å²) in [6.45, 7) is 3.39. The van der Waals surface area contributed by atoms with Crippen LogP contribution in [0.4, 0.5) is 0 Å². The second kappa shape index (κ2) is 6.10. The lowest BCUT2D eigenvalue weighted by Crippen LogP contribution is -2.31. The van der Waals surface area contributed by atoms with Crippen LogP contribution in [0.1, 0.15) is 28.9 Å². The fourth-order valence-corrected chi connectivity index (χ4v) is 2.40. The van der Waals surface area contributed by atoms with Crippen molar-refractivity contribution in [3.05, 3.63) is 48.0 Å². The van der Waals surface area contributed by atoms with Gasteiger partial charge in [0, 0.05) is 25.0 Å². The van der Waals surface area contributed by atoms with E-state index in [9.17, 15) is 4.79 Å². The summed E-state index contributed by atoms with van der Waals surface area (Å²) >= 11 is 0. The van der Waals surface area contributed by atoms with Crippen molar-refractivity contribution in [2.75, 3.05) is 13.2 Å². The maximum atomic E-state index is 12.1. The van der Waals surface area contributed by atoms with Crippen LogP contribution < -0.4 is 5.32 Å². The molecule has 21 heavy (non-hydrogen) atoms. The Kier molecular flexibility index (Phi) is 4.01. The molecule has 5 heteroatoms. The Morgan fingerprint density at radius 1 is 1.43 bits per heavy atom. The Bertz CT molecular complexity index is 613. The van der Waals surface area contributed by atoms with Crippen molar-refractivity contribution in [1.29, 1.82) is 0 Å². The fraction of sp³-hybridized carbons (Fsp3) is 0.375. The molecule has 1 amide bonds. The number of benzene rings is 1. The first-order valence-electron chi connectivity index (χ1n) is 7.23. The molecule has 5 nitrogen and oxygen atoms in total. The summed E-state index contributed by atoms with van der Waals surface area (Å²) in [5.74, 6) is -0.156. The first-order chi connectivity index (χ1) is 10.2. The zero-order valence-corrected chi connectivity index (χ0v) is 12.1.